The van der Waals surface area contributed by atoms with Crippen LogP contribution in [0.15, 0.2) is 77.7 Å². The fraction of sp³-hybridized carbons (Fsp3) is 0.296. The first-order valence-electron chi connectivity index (χ1n) is 11.8. The van der Waals surface area contributed by atoms with Crippen LogP contribution in [0.3, 0.4) is 0 Å². The second-order valence-electron chi connectivity index (χ2n) is 8.32. The number of aryl methyl sites for hydroxylation is 1. The summed E-state index contributed by atoms with van der Waals surface area (Å²) in [6.45, 7) is 2.50. The lowest BCUT2D eigenvalue weighted by molar-refractivity contribution is -0.127. The number of rotatable bonds is 10. The molecule has 0 saturated heterocycles. The molecule has 0 unspecified atom stereocenters. The van der Waals surface area contributed by atoms with E-state index in [0.717, 1.165) is 18.6 Å². The monoisotopic (exact) mass is 510 g/mol. The number of amides is 1. The van der Waals surface area contributed by atoms with E-state index in [1.165, 1.54) is 29.1 Å². The van der Waals surface area contributed by atoms with Gasteiger partial charge in [0.05, 0.1) is 30.8 Å². The Labute approximate surface area is 211 Å². The van der Waals surface area contributed by atoms with Gasteiger partial charge in [0.25, 0.3) is 15.9 Å². The second kappa shape index (κ2) is 11.3. The number of nitrogens with one attached hydrogen (secondary N) is 1. The van der Waals surface area contributed by atoms with Gasteiger partial charge in [0.2, 0.25) is 0 Å². The highest BCUT2D eigenvalue weighted by Crippen LogP contribution is 2.37. The molecule has 0 bridgehead atoms. The van der Waals surface area contributed by atoms with Crippen LogP contribution in [0.25, 0.3) is 0 Å². The third-order valence-corrected chi connectivity index (χ3v) is 7.60. The molecule has 1 amide bonds. The van der Waals surface area contributed by atoms with Crippen molar-refractivity contribution in [2.75, 3.05) is 31.1 Å². The van der Waals surface area contributed by atoms with Crippen LogP contribution in [0.5, 0.6) is 17.2 Å². The molecule has 0 radical (unpaired) electrons. The summed E-state index contributed by atoms with van der Waals surface area (Å²) in [5.41, 5.74) is 1.63. The van der Waals surface area contributed by atoms with Gasteiger partial charge in [-0.05, 0) is 60.5 Å². The molecule has 1 aliphatic rings. The fourth-order valence-corrected chi connectivity index (χ4v) is 5.42. The van der Waals surface area contributed by atoms with Gasteiger partial charge in [-0.25, -0.2) is 8.42 Å². The molecule has 0 saturated carbocycles. The number of benzene rings is 3. The molecule has 3 aromatic carbocycles. The maximum absolute atomic E-state index is 13.5. The number of fused-ring (bicyclic) bond motifs is 1. The Bertz CT molecular complexity index is 1280. The summed E-state index contributed by atoms with van der Waals surface area (Å²) in [7, 11) is -2.43. The van der Waals surface area contributed by atoms with Gasteiger partial charge in [-0.1, -0.05) is 37.6 Å². The van der Waals surface area contributed by atoms with Crippen LogP contribution in [0, 0.1) is 0 Å². The Hall–Kier alpha value is -3.72. The number of ether oxygens (including phenoxy) is 3. The molecule has 190 valence electrons. The van der Waals surface area contributed by atoms with E-state index >= 15 is 0 Å². The van der Waals surface area contributed by atoms with Gasteiger partial charge in [0.1, 0.15) is 23.9 Å². The molecular formula is C27H30N2O6S. The van der Waals surface area contributed by atoms with E-state index in [-0.39, 0.29) is 24.6 Å². The van der Waals surface area contributed by atoms with Crippen molar-refractivity contribution < 1.29 is 27.4 Å². The summed E-state index contributed by atoms with van der Waals surface area (Å²) in [5, 5.41) is 2.79. The normalized spacial score (nSPS) is 14.9. The predicted molar refractivity (Wildman–Crippen MR) is 137 cm³/mol. The zero-order chi connectivity index (χ0) is 25.5. The van der Waals surface area contributed by atoms with Crippen molar-refractivity contribution in [3.05, 3.63) is 78.4 Å². The Balaban J connectivity index is 1.41. The molecule has 0 aromatic heterocycles. The highest BCUT2D eigenvalue weighted by Gasteiger charge is 2.37. The number of carbonyl (C=O) groups excluding carboxylic acids is 1. The zero-order valence-electron chi connectivity index (χ0n) is 20.3. The second-order valence-corrected chi connectivity index (χ2v) is 10.2. The molecule has 36 heavy (non-hydrogen) atoms. The topological polar surface area (TPSA) is 94.2 Å². The fourth-order valence-electron chi connectivity index (χ4n) is 3.94. The van der Waals surface area contributed by atoms with Crippen molar-refractivity contribution in [1.82, 2.24) is 5.32 Å². The minimum Gasteiger partial charge on any atom is -0.497 e. The highest BCUT2D eigenvalue weighted by molar-refractivity contribution is 7.92. The number of hydrogen-bond acceptors (Lipinski definition) is 6. The van der Waals surface area contributed by atoms with Crippen molar-refractivity contribution in [3.63, 3.8) is 0 Å². The maximum atomic E-state index is 13.5. The molecule has 0 fully saturated rings. The zero-order valence-corrected chi connectivity index (χ0v) is 21.2. The number of methoxy groups -OCH3 is 1. The first-order valence-corrected chi connectivity index (χ1v) is 13.3. The first-order chi connectivity index (χ1) is 17.4. The van der Waals surface area contributed by atoms with E-state index in [4.69, 9.17) is 14.2 Å². The van der Waals surface area contributed by atoms with E-state index in [1.54, 1.807) is 36.4 Å². The summed E-state index contributed by atoms with van der Waals surface area (Å²) in [5.74, 6) is 1.18. The Kier molecular flexibility index (Phi) is 8.00. The largest absolute Gasteiger partial charge is 0.497 e. The summed E-state index contributed by atoms with van der Waals surface area (Å²) < 4.78 is 44.9. The van der Waals surface area contributed by atoms with E-state index in [9.17, 15) is 13.2 Å². The summed E-state index contributed by atoms with van der Waals surface area (Å²) in [6.07, 6.45) is 1.09. The van der Waals surface area contributed by atoms with Crippen LogP contribution in [-0.2, 0) is 21.2 Å². The SMILES string of the molecule is CCCc1ccc(OCCNC(=O)[C@@H]2CN(S(=O)(=O)c3ccc(OC)cc3)c3ccccc3O2)cc1. The number of carbonyl (C=O) groups is 1. The van der Waals surface area contributed by atoms with E-state index in [2.05, 4.69) is 12.2 Å². The molecule has 4 rings (SSSR count). The van der Waals surface area contributed by atoms with Crippen LogP contribution in [-0.4, -0.2) is 47.2 Å². The van der Waals surface area contributed by atoms with Gasteiger partial charge in [-0.2, -0.15) is 0 Å². The molecular weight excluding hydrogens is 480 g/mol. The van der Waals surface area contributed by atoms with Crippen LogP contribution in [0.4, 0.5) is 5.69 Å². The average Bonchev–Trinajstić information content (AvgIpc) is 2.91. The Morgan fingerprint density at radius 1 is 1.03 bits per heavy atom. The lowest BCUT2D eigenvalue weighted by Gasteiger charge is -2.34. The van der Waals surface area contributed by atoms with Crippen LogP contribution < -0.4 is 23.8 Å². The minimum atomic E-state index is -3.94. The summed E-state index contributed by atoms with van der Waals surface area (Å²) in [4.78, 5) is 13.0. The Morgan fingerprint density at radius 3 is 2.42 bits per heavy atom. The third kappa shape index (κ3) is 5.73. The summed E-state index contributed by atoms with van der Waals surface area (Å²) >= 11 is 0. The van der Waals surface area contributed by atoms with Gasteiger partial charge >= 0.3 is 0 Å². The van der Waals surface area contributed by atoms with Crippen molar-refractivity contribution in [1.29, 1.82) is 0 Å². The lowest BCUT2D eigenvalue weighted by atomic mass is 10.1. The van der Waals surface area contributed by atoms with E-state index in [1.807, 2.05) is 24.3 Å². The van der Waals surface area contributed by atoms with Gasteiger partial charge in [-0.15, -0.1) is 0 Å². The number of hydrogen-bond donors (Lipinski definition) is 1. The molecule has 1 heterocycles. The smallest absolute Gasteiger partial charge is 0.264 e. The minimum absolute atomic E-state index is 0.0949. The molecule has 0 aliphatic carbocycles. The molecule has 8 nitrogen and oxygen atoms in total. The van der Waals surface area contributed by atoms with Crippen LogP contribution in [0.1, 0.15) is 18.9 Å². The molecule has 0 spiro atoms. The van der Waals surface area contributed by atoms with Crippen molar-refractivity contribution in [2.24, 2.45) is 0 Å². The highest BCUT2D eigenvalue weighted by atomic mass is 32.2. The lowest BCUT2D eigenvalue weighted by Crippen LogP contribution is -2.51. The predicted octanol–water partition coefficient (Wildman–Crippen LogP) is 3.80. The van der Waals surface area contributed by atoms with Crippen molar-refractivity contribution in [2.45, 2.75) is 30.8 Å². The molecule has 3 aromatic rings. The van der Waals surface area contributed by atoms with E-state index < -0.39 is 22.0 Å². The van der Waals surface area contributed by atoms with Crippen LogP contribution in [0.2, 0.25) is 0 Å². The van der Waals surface area contributed by atoms with Crippen molar-refractivity contribution in [3.8, 4) is 17.2 Å². The number of para-hydroxylation sites is 2. The average molecular weight is 511 g/mol. The molecule has 1 aliphatic heterocycles. The number of nitrogens with zero attached hydrogens (tertiary/aromatic N) is 1. The number of anilines is 1. The van der Waals surface area contributed by atoms with Crippen molar-refractivity contribution >= 4 is 21.6 Å². The molecule has 1 atom stereocenters. The van der Waals surface area contributed by atoms with Gasteiger partial charge < -0.3 is 19.5 Å². The van der Waals surface area contributed by atoms with Gasteiger partial charge in [-0.3, -0.25) is 9.10 Å². The van der Waals surface area contributed by atoms with Gasteiger partial charge in [0, 0.05) is 0 Å². The Morgan fingerprint density at radius 2 is 1.72 bits per heavy atom. The van der Waals surface area contributed by atoms with Gasteiger partial charge in [0.15, 0.2) is 6.10 Å². The maximum Gasteiger partial charge on any atom is 0.264 e. The quantitative estimate of drug-likeness (QED) is 0.417. The molecule has 1 N–H and O–H groups in total. The summed E-state index contributed by atoms with van der Waals surface area (Å²) in [6, 6.07) is 20.8. The van der Waals surface area contributed by atoms with Crippen LogP contribution >= 0.6 is 0 Å². The van der Waals surface area contributed by atoms with E-state index in [0.29, 0.717) is 17.2 Å². The standard InChI is InChI=1S/C27H30N2O6S/c1-3-6-20-9-11-22(12-10-20)34-18-17-28-27(30)26-19-29(24-7-4-5-8-25(24)35-26)36(31,32)23-15-13-21(33-2)14-16-23/h4-5,7-16,26H,3,6,17-19H2,1-2H3,(H,28,30)/t26-/m0/s1. The number of sulfonamides is 1. The molecule has 9 heteroatoms. The third-order valence-electron chi connectivity index (χ3n) is 5.81. The first kappa shape index (κ1) is 25.4.